The Hall–Kier alpha value is -1.84. The molecule has 0 unspecified atom stereocenters. The highest BCUT2D eigenvalue weighted by Gasteiger charge is 2.11. The Morgan fingerprint density at radius 3 is 2.53 bits per heavy atom. The number of nitrogens with zero attached hydrogens (tertiary/aromatic N) is 1. The van der Waals surface area contributed by atoms with Crippen LogP contribution in [0.25, 0.3) is 0 Å². The highest BCUT2D eigenvalue weighted by molar-refractivity contribution is 5.92. The van der Waals surface area contributed by atoms with Crippen LogP contribution in [0.3, 0.4) is 0 Å². The van der Waals surface area contributed by atoms with Crippen molar-refractivity contribution in [2.75, 3.05) is 18.4 Å². The Bertz CT molecular complexity index is 412. The van der Waals surface area contributed by atoms with Crippen molar-refractivity contribution in [3.8, 4) is 0 Å². The lowest BCUT2D eigenvalue weighted by molar-refractivity contribution is 0.112. The van der Waals surface area contributed by atoms with Crippen molar-refractivity contribution >= 4 is 18.0 Å². The first kappa shape index (κ1) is 13.2. The predicted octanol–water partition coefficient (Wildman–Crippen LogP) is 2.68. The third-order valence-electron chi connectivity index (χ3n) is 2.79. The molecule has 0 fully saturated rings. The maximum absolute atomic E-state index is 11.9. The molecule has 0 aliphatic rings. The third-order valence-corrected chi connectivity index (χ3v) is 2.79. The lowest BCUT2D eigenvalue weighted by Crippen LogP contribution is -2.34. The van der Waals surface area contributed by atoms with Gasteiger partial charge in [0.2, 0.25) is 0 Å². The maximum atomic E-state index is 11.9. The molecule has 17 heavy (non-hydrogen) atoms. The number of benzene rings is 1. The smallest absolute Gasteiger partial charge is 0.321 e. The van der Waals surface area contributed by atoms with Gasteiger partial charge in [0.15, 0.2) is 0 Å². The van der Waals surface area contributed by atoms with Gasteiger partial charge in [-0.15, -0.1) is 0 Å². The Morgan fingerprint density at radius 1 is 1.35 bits per heavy atom. The zero-order valence-electron chi connectivity index (χ0n) is 10.5. The molecule has 1 rings (SSSR count). The summed E-state index contributed by atoms with van der Waals surface area (Å²) < 4.78 is 0. The second-order valence-electron chi connectivity index (χ2n) is 3.74. The number of aldehydes is 1. The summed E-state index contributed by atoms with van der Waals surface area (Å²) in [6.45, 7) is 7.00. The summed E-state index contributed by atoms with van der Waals surface area (Å²) in [4.78, 5) is 24.3. The Balaban J connectivity index is 2.88. The summed E-state index contributed by atoms with van der Waals surface area (Å²) in [5, 5.41) is 2.81. The normalized spacial score (nSPS) is 9.82. The van der Waals surface area contributed by atoms with Gasteiger partial charge in [-0.05, 0) is 32.4 Å². The Kier molecular flexibility index (Phi) is 4.69. The van der Waals surface area contributed by atoms with Crippen LogP contribution in [0.15, 0.2) is 18.2 Å². The lowest BCUT2D eigenvalue weighted by atomic mass is 10.1. The van der Waals surface area contributed by atoms with Crippen LogP contribution in [0.5, 0.6) is 0 Å². The van der Waals surface area contributed by atoms with Gasteiger partial charge < -0.3 is 10.2 Å². The molecule has 1 aromatic rings. The Labute approximate surface area is 102 Å². The van der Waals surface area contributed by atoms with E-state index in [9.17, 15) is 9.59 Å². The summed E-state index contributed by atoms with van der Waals surface area (Å²) in [5.74, 6) is 0. The molecule has 0 spiro atoms. The number of nitrogens with one attached hydrogen (secondary N) is 1. The van der Waals surface area contributed by atoms with E-state index in [0.717, 1.165) is 11.8 Å². The molecule has 4 heteroatoms. The van der Waals surface area contributed by atoms with Gasteiger partial charge in [-0.3, -0.25) is 4.79 Å². The first-order chi connectivity index (χ1) is 8.13. The average molecular weight is 234 g/mol. The summed E-state index contributed by atoms with van der Waals surface area (Å²) in [7, 11) is 0. The van der Waals surface area contributed by atoms with Gasteiger partial charge in [0.1, 0.15) is 6.29 Å². The number of hydrogen-bond donors (Lipinski definition) is 1. The number of anilines is 1. The van der Waals surface area contributed by atoms with Crippen molar-refractivity contribution in [3.63, 3.8) is 0 Å². The molecular formula is C13H18N2O2. The molecule has 0 saturated heterocycles. The van der Waals surface area contributed by atoms with Crippen LogP contribution >= 0.6 is 0 Å². The molecule has 1 N–H and O–H groups in total. The van der Waals surface area contributed by atoms with Crippen LogP contribution in [0, 0.1) is 6.92 Å². The van der Waals surface area contributed by atoms with Crippen molar-refractivity contribution in [1.82, 2.24) is 4.90 Å². The third kappa shape index (κ3) is 3.06. The van der Waals surface area contributed by atoms with Gasteiger partial charge in [-0.1, -0.05) is 12.1 Å². The monoisotopic (exact) mass is 234 g/mol. The highest BCUT2D eigenvalue weighted by atomic mass is 16.2. The number of amides is 2. The van der Waals surface area contributed by atoms with E-state index in [1.807, 2.05) is 20.8 Å². The van der Waals surface area contributed by atoms with Crippen molar-refractivity contribution in [2.24, 2.45) is 0 Å². The van der Waals surface area contributed by atoms with Gasteiger partial charge in [0, 0.05) is 24.3 Å². The fourth-order valence-corrected chi connectivity index (χ4v) is 1.62. The second-order valence-corrected chi connectivity index (χ2v) is 3.74. The standard InChI is InChI=1S/C13H18N2O2/c1-4-15(5-2)13(17)14-12-8-6-7-11(9-16)10(12)3/h6-9H,4-5H2,1-3H3,(H,14,17). The highest BCUT2D eigenvalue weighted by Crippen LogP contribution is 2.17. The van der Waals surface area contributed by atoms with Crippen molar-refractivity contribution in [3.05, 3.63) is 29.3 Å². The number of hydrogen-bond acceptors (Lipinski definition) is 2. The van der Waals surface area contributed by atoms with Crippen LogP contribution in [-0.2, 0) is 0 Å². The minimum atomic E-state index is -0.138. The SMILES string of the molecule is CCN(CC)C(=O)Nc1cccc(C=O)c1C. The first-order valence-electron chi connectivity index (χ1n) is 5.74. The zero-order chi connectivity index (χ0) is 12.8. The van der Waals surface area contributed by atoms with Gasteiger partial charge in [0.05, 0.1) is 0 Å². The first-order valence-corrected chi connectivity index (χ1v) is 5.74. The number of carbonyl (C=O) groups is 2. The van der Waals surface area contributed by atoms with Crippen LogP contribution in [-0.4, -0.2) is 30.3 Å². The molecule has 0 atom stereocenters. The minimum Gasteiger partial charge on any atom is -0.325 e. The van der Waals surface area contributed by atoms with E-state index in [1.54, 1.807) is 23.1 Å². The van der Waals surface area contributed by atoms with Gasteiger partial charge >= 0.3 is 6.03 Å². The van der Waals surface area contributed by atoms with E-state index in [4.69, 9.17) is 0 Å². The Morgan fingerprint density at radius 2 is 2.00 bits per heavy atom. The van der Waals surface area contributed by atoms with Crippen LogP contribution in [0.4, 0.5) is 10.5 Å². The number of rotatable bonds is 4. The summed E-state index contributed by atoms with van der Waals surface area (Å²) >= 11 is 0. The van der Waals surface area contributed by atoms with E-state index in [0.29, 0.717) is 24.3 Å². The van der Waals surface area contributed by atoms with E-state index in [1.165, 1.54) is 0 Å². The largest absolute Gasteiger partial charge is 0.325 e. The van der Waals surface area contributed by atoms with E-state index < -0.39 is 0 Å². The number of urea groups is 1. The quantitative estimate of drug-likeness (QED) is 0.814. The van der Waals surface area contributed by atoms with E-state index in [-0.39, 0.29) is 6.03 Å². The summed E-state index contributed by atoms with van der Waals surface area (Å²) in [6, 6.07) is 5.15. The lowest BCUT2D eigenvalue weighted by Gasteiger charge is -2.20. The molecule has 0 heterocycles. The zero-order valence-corrected chi connectivity index (χ0v) is 10.5. The van der Waals surface area contributed by atoms with Crippen molar-refractivity contribution < 1.29 is 9.59 Å². The molecule has 0 radical (unpaired) electrons. The molecule has 2 amide bonds. The fraction of sp³-hybridized carbons (Fsp3) is 0.385. The molecule has 0 aliphatic heterocycles. The van der Waals surface area contributed by atoms with E-state index in [2.05, 4.69) is 5.32 Å². The van der Waals surface area contributed by atoms with Crippen molar-refractivity contribution in [1.29, 1.82) is 0 Å². The van der Waals surface area contributed by atoms with Crippen molar-refractivity contribution in [2.45, 2.75) is 20.8 Å². The van der Waals surface area contributed by atoms with Crippen LogP contribution in [0.1, 0.15) is 29.8 Å². The second kappa shape index (κ2) is 6.03. The topological polar surface area (TPSA) is 49.4 Å². The van der Waals surface area contributed by atoms with Crippen LogP contribution in [0.2, 0.25) is 0 Å². The van der Waals surface area contributed by atoms with Gasteiger partial charge in [0.25, 0.3) is 0 Å². The fourth-order valence-electron chi connectivity index (χ4n) is 1.62. The molecule has 0 bridgehead atoms. The summed E-state index contributed by atoms with van der Waals surface area (Å²) in [6.07, 6.45) is 0.794. The van der Waals surface area contributed by atoms with Gasteiger partial charge in [-0.2, -0.15) is 0 Å². The summed E-state index contributed by atoms with van der Waals surface area (Å²) in [5.41, 5.74) is 2.08. The molecule has 0 saturated carbocycles. The molecule has 92 valence electrons. The van der Waals surface area contributed by atoms with E-state index >= 15 is 0 Å². The van der Waals surface area contributed by atoms with Crippen LogP contribution < -0.4 is 5.32 Å². The molecule has 0 aromatic heterocycles. The average Bonchev–Trinajstić information content (AvgIpc) is 2.33. The molecule has 0 aliphatic carbocycles. The molecule has 1 aromatic carbocycles. The minimum absolute atomic E-state index is 0.138. The molecular weight excluding hydrogens is 216 g/mol. The molecule has 4 nitrogen and oxygen atoms in total. The van der Waals surface area contributed by atoms with Gasteiger partial charge in [-0.25, -0.2) is 4.79 Å². The predicted molar refractivity (Wildman–Crippen MR) is 68.5 cm³/mol. The maximum Gasteiger partial charge on any atom is 0.321 e. The number of carbonyl (C=O) groups excluding carboxylic acids is 2.